The van der Waals surface area contributed by atoms with Gasteiger partial charge < -0.3 is 9.73 Å². The molecule has 0 aliphatic rings. The molecule has 0 unspecified atom stereocenters. The Morgan fingerprint density at radius 2 is 1.89 bits per heavy atom. The van der Waals surface area contributed by atoms with E-state index in [0.29, 0.717) is 16.7 Å². The van der Waals surface area contributed by atoms with Crippen LogP contribution in [0.1, 0.15) is 6.92 Å². The first-order chi connectivity index (χ1) is 8.98. The second kappa shape index (κ2) is 4.93. The van der Waals surface area contributed by atoms with E-state index in [0.717, 1.165) is 0 Å². The maximum atomic E-state index is 11.9. The molecule has 1 aromatic heterocycles. The van der Waals surface area contributed by atoms with E-state index in [9.17, 15) is 13.2 Å². The van der Waals surface area contributed by atoms with Crippen LogP contribution in [-0.4, -0.2) is 21.2 Å². The molecule has 0 aliphatic heterocycles. The van der Waals surface area contributed by atoms with E-state index in [4.69, 9.17) is 4.42 Å². The highest BCUT2D eigenvalue weighted by molar-refractivity contribution is 7.92. The number of rotatable bonds is 4. The third-order valence-electron chi connectivity index (χ3n) is 2.70. The SMILES string of the molecule is CCS(=O)(=O)Nc1c(NC)c2ccccc2oc1=O. The second-order valence-electron chi connectivity index (χ2n) is 3.89. The molecule has 1 aromatic carbocycles. The third-order valence-corrected chi connectivity index (χ3v) is 3.98. The van der Waals surface area contributed by atoms with E-state index in [-0.39, 0.29) is 11.4 Å². The van der Waals surface area contributed by atoms with Gasteiger partial charge in [0, 0.05) is 12.4 Å². The maximum Gasteiger partial charge on any atom is 0.363 e. The van der Waals surface area contributed by atoms with Crippen LogP contribution in [0, 0.1) is 0 Å². The predicted molar refractivity (Wildman–Crippen MR) is 75.1 cm³/mol. The van der Waals surface area contributed by atoms with Crippen molar-refractivity contribution in [1.29, 1.82) is 0 Å². The van der Waals surface area contributed by atoms with Gasteiger partial charge in [0.1, 0.15) is 5.58 Å². The zero-order valence-corrected chi connectivity index (χ0v) is 11.4. The Kier molecular flexibility index (Phi) is 3.48. The predicted octanol–water partition coefficient (Wildman–Crippen LogP) is 1.60. The smallest absolute Gasteiger partial charge is 0.363 e. The van der Waals surface area contributed by atoms with Gasteiger partial charge in [-0.2, -0.15) is 0 Å². The fourth-order valence-corrected chi connectivity index (χ4v) is 2.37. The number of para-hydroxylation sites is 1. The monoisotopic (exact) mass is 282 g/mol. The average molecular weight is 282 g/mol. The molecule has 0 radical (unpaired) electrons. The fourth-order valence-electron chi connectivity index (χ4n) is 1.73. The number of sulfonamides is 1. The molecule has 102 valence electrons. The first kappa shape index (κ1) is 13.4. The van der Waals surface area contributed by atoms with Crippen LogP contribution < -0.4 is 15.7 Å². The Balaban J connectivity index is 2.73. The van der Waals surface area contributed by atoms with Gasteiger partial charge in [-0.3, -0.25) is 4.72 Å². The van der Waals surface area contributed by atoms with Gasteiger partial charge in [-0.1, -0.05) is 12.1 Å². The van der Waals surface area contributed by atoms with Gasteiger partial charge in [-0.25, -0.2) is 13.2 Å². The minimum atomic E-state index is -3.55. The Bertz CT molecular complexity index is 765. The molecule has 0 saturated heterocycles. The number of nitrogens with one attached hydrogen (secondary N) is 2. The van der Waals surface area contributed by atoms with Gasteiger partial charge >= 0.3 is 5.63 Å². The molecule has 6 nitrogen and oxygen atoms in total. The second-order valence-corrected chi connectivity index (χ2v) is 5.90. The number of benzene rings is 1. The maximum absolute atomic E-state index is 11.9. The first-order valence-corrected chi connectivity index (χ1v) is 7.38. The summed E-state index contributed by atoms with van der Waals surface area (Å²) in [4.78, 5) is 11.9. The van der Waals surface area contributed by atoms with Crippen LogP contribution in [0.4, 0.5) is 11.4 Å². The van der Waals surface area contributed by atoms with Crippen LogP contribution in [0.3, 0.4) is 0 Å². The minimum absolute atomic E-state index is 0.0944. The molecular weight excluding hydrogens is 268 g/mol. The van der Waals surface area contributed by atoms with Gasteiger partial charge in [-0.15, -0.1) is 0 Å². The van der Waals surface area contributed by atoms with E-state index < -0.39 is 15.6 Å². The summed E-state index contributed by atoms with van der Waals surface area (Å²) in [6.07, 6.45) is 0. The van der Waals surface area contributed by atoms with Crippen molar-refractivity contribution in [2.24, 2.45) is 0 Å². The number of anilines is 2. The van der Waals surface area contributed by atoms with Gasteiger partial charge in [0.2, 0.25) is 10.0 Å². The van der Waals surface area contributed by atoms with Crippen LogP contribution in [0.2, 0.25) is 0 Å². The number of fused-ring (bicyclic) bond motifs is 1. The summed E-state index contributed by atoms with van der Waals surface area (Å²) in [6.45, 7) is 1.49. The average Bonchev–Trinajstić information content (AvgIpc) is 2.39. The van der Waals surface area contributed by atoms with Gasteiger partial charge in [-0.05, 0) is 19.1 Å². The summed E-state index contributed by atoms with van der Waals surface area (Å²) in [5.41, 5.74) is -0.0108. The Hall–Kier alpha value is -2.02. The number of hydrogen-bond donors (Lipinski definition) is 2. The van der Waals surface area contributed by atoms with Gasteiger partial charge in [0.25, 0.3) is 0 Å². The normalized spacial score (nSPS) is 11.5. The van der Waals surface area contributed by atoms with Crippen molar-refractivity contribution >= 4 is 32.4 Å². The van der Waals surface area contributed by atoms with Crippen molar-refractivity contribution in [3.63, 3.8) is 0 Å². The molecule has 2 rings (SSSR count). The largest absolute Gasteiger partial charge is 0.421 e. The van der Waals surface area contributed by atoms with Crippen LogP contribution in [0.15, 0.2) is 33.5 Å². The molecule has 0 fully saturated rings. The van der Waals surface area contributed by atoms with E-state index in [2.05, 4.69) is 10.0 Å². The van der Waals surface area contributed by atoms with Crippen molar-refractivity contribution in [3.05, 3.63) is 34.7 Å². The Morgan fingerprint density at radius 1 is 1.21 bits per heavy atom. The fraction of sp³-hybridized carbons (Fsp3) is 0.250. The van der Waals surface area contributed by atoms with Crippen molar-refractivity contribution < 1.29 is 12.8 Å². The van der Waals surface area contributed by atoms with Crippen molar-refractivity contribution in [1.82, 2.24) is 0 Å². The lowest BCUT2D eigenvalue weighted by Crippen LogP contribution is -2.21. The zero-order chi connectivity index (χ0) is 14.0. The topological polar surface area (TPSA) is 88.4 Å². The molecule has 0 spiro atoms. The van der Waals surface area contributed by atoms with Crippen molar-refractivity contribution in [3.8, 4) is 0 Å². The Morgan fingerprint density at radius 3 is 2.53 bits per heavy atom. The summed E-state index contributed by atoms with van der Waals surface area (Å²) in [5.74, 6) is -0.123. The van der Waals surface area contributed by atoms with Crippen molar-refractivity contribution in [2.45, 2.75) is 6.92 Å². The summed E-state index contributed by atoms with van der Waals surface area (Å²) < 4.78 is 30.6. The highest BCUT2D eigenvalue weighted by atomic mass is 32.2. The highest BCUT2D eigenvalue weighted by Crippen LogP contribution is 2.28. The lowest BCUT2D eigenvalue weighted by Gasteiger charge is -2.12. The van der Waals surface area contributed by atoms with Crippen LogP contribution >= 0.6 is 0 Å². The quantitative estimate of drug-likeness (QED) is 0.831. The third kappa shape index (κ3) is 2.55. The highest BCUT2D eigenvalue weighted by Gasteiger charge is 2.17. The molecule has 0 saturated carbocycles. The summed E-state index contributed by atoms with van der Waals surface area (Å²) >= 11 is 0. The molecule has 19 heavy (non-hydrogen) atoms. The van der Waals surface area contributed by atoms with E-state index in [1.165, 1.54) is 6.92 Å². The standard InChI is InChI=1S/C12H14N2O4S/c1-3-19(16,17)14-11-10(13-2)8-6-4-5-7-9(8)18-12(11)15/h4-7,13-14H,3H2,1-2H3. The van der Waals surface area contributed by atoms with E-state index in [1.807, 2.05) is 0 Å². The first-order valence-electron chi connectivity index (χ1n) is 5.72. The van der Waals surface area contributed by atoms with Crippen molar-refractivity contribution in [2.75, 3.05) is 22.8 Å². The van der Waals surface area contributed by atoms with Crippen LogP contribution in [0.25, 0.3) is 11.0 Å². The molecule has 7 heteroatoms. The lowest BCUT2D eigenvalue weighted by molar-refractivity contribution is 0.563. The Labute approximate surface area is 110 Å². The lowest BCUT2D eigenvalue weighted by atomic mass is 10.2. The molecule has 0 amide bonds. The molecular formula is C12H14N2O4S. The summed E-state index contributed by atoms with van der Waals surface area (Å²) in [7, 11) is -1.93. The molecule has 2 aromatic rings. The zero-order valence-electron chi connectivity index (χ0n) is 10.6. The van der Waals surface area contributed by atoms with E-state index >= 15 is 0 Å². The molecule has 2 N–H and O–H groups in total. The van der Waals surface area contributed by atoms with Crippen LogP contribution in [-0.2, 0) is 10.0 Å². The molecule has 0 aliphatic carbocycles. The van der Waals surface area contributed by atoms with Crippen LogP contribution in [0.5, 0.6) is 0 Å². The van der Waals surface area contributed by atoms with Gasteiger partial charge in [0.15, 0.2) is 5.69 Å². The summed E-state index contributed by atoms with van der Waals surface area (Å²) in [5, 5.41) is 3.48. The summed E-state index contributed by atoms with van der Waals surface area (Å²) in [6, 6.07) is 6.91. The van der Waals surface area contributed by atoms with Gasteiger partial charge in [0.05, 0.1) is 11.4 Å². The molecule has 1 heterocycles. The minimum Gasteiger partial charge on any atom is -0.421 e. The number of hydrogen-bond acceptors (Lipinski definition) is 5. The van der Waals surface area contributed by atoms with E-state index in [1.54, 1.807) is 31.3 Å². The molecule has 0 atom stereocenters. The molecule has 0 bridgehead atoms.